The van der Waals surface area contributed by atoms with Crippen LogP contribution in [0.3, 0.4) is 0 Å². The Labute approximate surface area is 160 Å². The second-order valence-corrected chi connectivity index (χ2v) is 7.58. The van der Waals surface area contributed by atoms with Crippen molar-refractivity contribution in [3.05, 3.63) is 41.7 Å². The summed E-state index contributed by atoms with van der Waals surface area (Å²) in [5.41, 5.74) is 2.79. The second kappa shape index (κ2) is 9.15. The molecule has 0 saturated carbocycles. The van der Waals surface area contributed by atoms with E-state index in [9.17, 15) is 4.79 Å². The van der Waals surface area contributed by atoms with E-state index in [1.54, 1.807) is 6.07 Å². The molecule has 3 rings (SSSR count). The van der Waals surface area contributed by atoms with Gasteiger partial charge in [-0.2, -0.15) is 0 Å². The minimum Gasteiger partial charge on any atom is -0.379 e. The molecule has 1 saturated heterocycles. The summed E-state index contributed by atoms with van der Waals surface area (Å²) in [5.74, 6) is 0.590. The van der Waals surface area contributed by atoms with Crippen LogP contribution in [-0.4, -0.2) is 54.9 Å². The van der Waals surface area contributed by atoms with Crippen LogP contribution in [0.15, 0.2) is 34.9 Å². The van der Waals surface area contributed by atoms with Crippen molar-refractivity contribution in [2.24, 2.45) is 5.92 Å². The molecule has 1 aromatic carbocycles. The van der Waals surface area contributed by atoms with Crippen LogP contribution in [0.2, 0.25) is 0 Å². The number of hydrogen-bond acceptors (Lipinski definition) is 5. The maximum Gasteiger partial charge on any atom is 0.289 e. The molecule has 0 aliphatic carbocycles. The zero-order valence-corrected chi connectivity index (χ0v) is 16.4. The smallest absolute Gasteiger partial charge is 0.289 e. The standard InChI is InChI=1S/C21H29N3O3/c1-15(2)12-18(24-8-10-26-11-9-24)14-22-21(25)20-13-19(23-27-20)17-6-4-16(3)5-7-17/h4-7,13,15,18H,8-12,14H2,1-3H3,(H,22,25). The van der Waals surface area contributed by atoms with Gasteiger partial charge in [0.2, 0.25) is 5.76 Å². The largest absolute Gasteiger partial charge is 0.379 e. The Balaban J connectivity index is 1.61. The molecule has 1 aliphatic heterocycles. The third-order valence-corrected chi connectivity index (χ3v) is 4.89. The predicted molar refractivity (Wildman–Crippen MR) is 105 cm³/mol. The number of rotatable bonds is 7. The van der Waals surface area contributed by atoms with Crippen LogP contribution in [-0.2, 0) is 4.74 Å². The minimum absolute atomic E-state index is 0.220. The van der Waals surface area contributed by atoms with Gasteiger partial charge in [0.15, 0.2) is 0 Å². The Bertz CT molecular complexity index is 733. The highest BCUT2D eigenvalue weighted by Crippen LogP contribution is 2.20. The van der Waals surface area contributed by atoms with Crippen molar-refractivity contribution in [2.45, 2.75) is 33.2 Å². The zero-order valence-electron chi connectivity index (χ0n) is 16.4. The molecule has 0 bridgehead atoms. The highest BCUT2D eigenvalue weighted by Gasteiger charge is 2.23. The summed E-state index contributed by atoms with van der Waals surface area (Å²) < 4.78 is 10.7. The van der Waals surface area contributed by atoms with Crippen LogP contribution in [0.25, 0.3) is 11.3 Å². The number of aromatic nitrogens is 1. The van der Waals surface area contributed by atoms with Crippen molar-refractivity contribution in [3.8, 4) is 11.3 Å². The van der Waals surface area contributed by atoms with E-state index in [0.717, 1.165) is 38.3 Å². The van der Waals surface area contributed by atoms with Crippen LogP contribution in [0.1, 0.15) is 36.4 Å². The van der Waals surface area contributed by atoms with Crippen molar-refractivity contribution >= 4 is 5.91 Å². The van der Waals surface area contributed by atoms with Crippen LogP contribution in [0, 0.1) is 12.8 Å². The van der Waals surface area contributed by atoms with Crippen molar-refractivity contribution in [3.63, 3.8) is 0 Å². The molecule has 1 unspecified atom stereocenters. The van der Waals surface area contributed by atoms with E-state index in [-0.39, 0.29) is 11.7 Å². The number of carbonyl (C=O) groups is 1. The van der Waals surface area contributed by atoms with Crippen molar-refractivity contribution in [2.75, 3.05) is 32.8 Å². The molecule has 146 valence electrons. The second-order valence-electron chi connectivity index (χ2n) is 7.58. The number of nitrogens with one attached hydrogen (secondary N) is 1. The first kappa shape index (κ1) is 19.6. The van der Waals surface area contributed by atoms with E-state index in [1.165, 1.54) is 5.56 Å². The van der Waals surface area contributed by atoms with Crippen LogP contribution in [0.4, 0.5) is 0 Å². The third kappa shape index (κ3) is 5.40. The molecular formula is C21H29N3O3. The summed E-state index contributed by atoms with van der Waals surface area (Å²) in [6, 6.07) is 9.99. The van der Waals surface area contributed by atoms with Crippen LogP contribution in [0.5, 0.6) is 0 Å². The third-order valence-electron chi connectivity index (χ3n) is 4.89. The van der Waals surface area contributed by atoms with Crippen molar-refractivity contribution in [1.29, 1.82) is 0 Å². The molecule has 1 aromatic heterocycles. The summed E-state index contributed by atoms with van der Waals surface area (Å²) in [4.78, 5) is 14.9. The normalized spacial score (nSPS) is 16.4. The molecule has 0 radical (unpaired) electrons. The average Bonchev–Trinajstić information content (AvgIpc) is 3.16. The molecule has 6 nitrogen and oxygen atoms in total. The minimum atomic E-state index is -0.220. The van der Waals surface area contributed by atoms with Crippen molar-refractivity contribution < 1.29 is 14.1 Å². The Morgan fingerprint density at radius 2 is 1.93 bits per heavy atom. The van der Waals surface area contributed by atoms with Gasteiger partial charge < -0.3 is 14.6 Å². The van der Waals surface area contributed by atoms with Gasteiger partial charge in [0.05, 0.1) is 13.2 Å². The van der Waals surface area contributed by atoms with Gasteiger partial charge in [-0.25, -0.2) is 0 Å². The number of amides is 1. The molecule has 1 aliphatic rings. The highest BCUT2D eigenvalue weighted by molar-refractivity contribution is 5.92. The van der Waals surface area contributed by atoms with Crippen LogP contribution < -0.4 is 5.32 Å². The maximum atomic E-state index is 12.5. The Morgan fingerprint density at radius 1 is 1.22 bits per heavy atom. The summed E-state index contributed by atoms with van der Waals surface area (Å²) in [6.45, 7) is 10.4. The fraction of sp³-hybridized carbons (Fsp3) is 0.524. The summed E-state index contributed by atoms with van der Waals surface area (Å²) in [5, 5.41) is 7.06. The number of benzene rings is 1. The number of carbonyl (C=O) groups excluding carboxylic acids is 1. The molecule has 1 fully saturated rings. The lowest BCUT2D eigenvalue weighted by Crippen LogP contribution is -2.49. The number of morpholine rings is 1. The first-order valence-corrected chi connectivity index (χ1v) is 9.66. The number of hydrogen-bond donors (Lipinski definition) is 1. The van der Waals surface area contributed by atoms with Gasteiger partial charge in [-0.3, -0.25) is 9.69 Å². The van der Waals surface area contributed by atoms with Gasteiger partial charge in [0, 0.05) is 37.3 Å². The SMILES string of the molecule is Cc1ccc(-c2cc(C(=O)NCC(CC(C)C)N3CCOCC3)on2)cc1. The van der Waals surface area contributed by atoms with E-state index in [0.29, 0.717) is 24.2 Å². The lowest BCUT2D eigenvalue weighted by Gasteiger charge is -2.35. The lowest BCUT2D eigenvalue weighted by molar-refractivity contribution is 0.0124. The number of nitrogens with zero attached hydrogens (tertiary/aromatic N) is 2. The molecule has 6 heteroatoms. The topological polar surface area (TPSA) is 67.6 Å². The van der Waals surface area contributed by atoms with E-state index in [4.69, 9.17) is 9.26 Å². The molecule has 27 heavy (non-hydrogen) atoms. The Hall–Kier alpha value is -2.18. The van der Waals surface area contributed by atoms with E-state index in [1.807, 2.05) is 31.2 Å². The summed E-state index contributed by atoms with van der Waals surface area (Å²) in [7, 11) is 0. The molecule has 1 N–H and O–H groups in total. The van der Waals surface area contributed by atoms with E-state index < -0.39 is 0 Å². The van der Waals surface area contributed by atoms with Crippen LogP contribution >= 0.6 is 0 Å². The number of ether oxygens (including phenoxy) is 1. The number of aryl methyl sites for hydroxylation is 1. The molecule has 1 amide bonds. The molecular weight excluding hydrogens is 342 g/mol. The molecule has 2 heterocycles. The molecule has 0 spiro atoms. The van der Waals surface area contributed by atoms with Gasteiger partial charge in [0.25, 0.3) is 5.91 Å². The molecule has 1 atom stereocenters. The monoisotopic (exact) mass is 371 g/mol. The Morgan fingerprint density at radius 3 is 2.59 bits per heavy atom. The lowest BCUT2D eigenvalue weighted by atomic mass is 10.0. The van der Waals surface area contributed by atoms with Gasteiger partial charge >= 0.3 is 0 Å². The fourth-order valence-corrected chi connectivity index (χ4v) is 3.39. The predicted octanol–water partition coefficient (Wildman–Crippen LogP) is 3.13. The highest BCUT2D eigenvalue weighted by atomic mass is 16.5. The van der Waals surface area contributed by atoms with E-state index >= 15 is 0 Å². The Kier molecular flexibility index (Phi) is 6.63. The van der Waals surface area contributed by atoms with Gasteiger partial charge in [-0.1, -0.05) is 48.8 Å². The molecule has 2 aromatic rings. The van der Waals surface area contributed by atoms with Gasteiger partial charge in [-0.05, 0) is 19.3 Å². The first-order valence-electron chi connectivity index (χ1n) is 9.66. The quantitative estimate of drug-likeness (QED) is 0.810. The van der Waals surface area contributed by atoms with Crippen molar-refractivity contribution in [1.82, 2.24) is 15.4 Å². The summed E-state index contributed by atoms with van der Waals surface area (Å²) in [6.07, 6.45) is 1.03. The average molecular weight is 371 g/mol. The maximum absolute atomic E-state index is 12.5. The van der Waals surface area contributed by atoms with Gasteiger partial charge in [-0.15, -0.1) is 0 Å². The first-order chi connectivity index (χ1) is 13.0. The van der Waals surface area contributed by atoms with E-state index in [2.05, 4.69) is 29.2 Å². The van der Waals surface area contributed by atoms with Gasteiger partial charge in [0.1, 0.15) is 5.69 Å². The zero-order chi connectivity index (χ0) is 19.2. The fourth-order valence-electron chi connectivity index (χ4n) is 3.39. The summed E-state index contributed by atoms with van der Waals surface area (Å²) >= 11 is 0.